The molecule has 0 radical (unpaired) electrons. The van der Waals surface area contributed by atoms with Crippen LogP contribution in [-0.2, 0) is 19.2 Å². The van der Waals surface area contributed by atoms with Crippen molar-refractivity contribution in [1.82, 2.24) is 21.3 Å². The van der Waals surface area contributed by atoms with E-state index >= 15 is 0 Å². The number of carbonyl (C=O) groups is 4. The Morgan fingerprint density at radius 3 is 2.46 bits per heavy atom. The molecule has 0 aliphatic carbocycles. The maximum absolute atomic E-state index is 12.8. The highest BCUT2D eigenvalue weighted by Gasteiger charge is 2.31. The number of rotatable bonds is 12. The smallest absolute Gasteiger partial charge is 0.322 e. The first-order chi connectivity index (χ1) is 13.3. The van der Waals surface area contributed by atoms with Crippen LogP contribution in [0.1, 0.15) is 39.5 Å². The van der Waals surface area contributed by atoms with Gasteiger partial charge in [-0.1, -0.05) is 20.3 Å². The SMILES string of the molecule is CCC(C)C(NC(=O)C(CCSC)NC(=O)C1CCCN1)C(=O)NCC(=O)O. The third-order valence-corrected chi connectivity index (χ3v) is 5.47. The van der Waals surface area contributed by atoms with E-state index in [4.69, 9.17) is 5.11 Å². The summed E-state index contributed by atoms with van der Waals surface area (Å²) in [5.41, 5.74) is 0. The molecule has 160 valence electrons. The van der Waals surface area contributed by atoms with Gasteiger partial charge >= 0.3 is 5.97 Å². The molecule has 0 bridgehead atoms. The number of hydrogen-bond acceptors (Lipinski definition) is 6. The first kappa shape index (κ1) is 24.2. The molecular formula is C18H32N4O5S. The van der Waals surface area contributed by atoms with Crippen LogP contribution in [0.4, 0.5) is 0 Å². The van der Waals surface area contributed by atoms with Gasteiger partial charge in [-0.2, -0.15) is 11.8 Å². The number of carboxylic acid groups (broad SMARTS) is 1. The minimum absolute atomic E-state index is 0.189. The Morgan fingerprint density at radius 2 is 1.93 bits per heavy atom. The zero-order valence-electron chi connectivity index (χ0n) is 16.7. The number of thioether (sulfide) groups is 1. The summed E-state index contributed by atoms with van der Waals surface area (Å²) in [7, 11) is 0. The van der Waals surface area contributed by atoms with Gasteiger partial charge < -0.3 is 26.4 Å². The lowest BCUT2D eigenvalue weighted by atomic mass is 9.97. The van der Waals surface area contributed by atoms with Crippen LogP contribution < -0.4 is 21.3 Å². The topological polar surface area (TPSA) is 137 Å². The van der Waals surface area contributed by atoms with Crippen LogP contribution in [0.3, 0.4) is 0 Å². The van der Waals surface area contributed by atoms with Crippen LogP contribution >= 0.6 is 11.8 Å². The highest BCUT2D eigenvalue weighted by atomic mass is 32.2. The van der Waals surface area contributed by atoms with Crippen molar-refractivity contribution in [1.29, 1.82) is 0 Å². The average molecular weight is 417 g/mol. The number of carboxylic acids is 1. The van der Waals surface area contributed by atoms with Crippen LogP contribution in [0.25, 0.3) is 0 Å². The van der Waals surface area contributed by atoms with Gasteiger partial charge in [0.15, 0.2) is 0 Å². The van der Waals surface area contributed by atoms with E-state index in [9.17, 15) is 19.2 Å². The molecule has 0 aromatic rings. The lowest BCUT2D eigenvalue weighted by molar-refractivity contribution is -0.139. The van der Waals surface area contributed by atoms with Crippen molar-refractivity contribution in [3.8, 4) is 0 Å². The van der Waals surface area contributed by atoms with E-state index in [1.54, 1.807) is 11.8 Å². The van der Waals surface area contributed by atoms with Crippen molar-refractivity contribution in [2.24, 2.45) is 5.92 Å². The molecule has 5 N–H and O–H groups in total. The largest absolute Gasteiger partial charge is 0.480 e. The minimum atomic E-state index is -1.16. The molecule has 4 unspecified atom stereocenters. The molecule has 0 spiro atoms. The van der Waals surface area contributed by atoms with Gasteiger partial charge in [-0.25, -0.2) is 0 Å². The van der Waals surface area contributed by atoms with E-state index < -0.39 is 36.4 Å². The number of nitrogens with one attached hydrogen (secondary N) is 4. The Bertz CT molecular complexity index is 554. The van der Waals surface area contributed by atoms with Crippen molar-refractivity contribution in [3.05, 3.63) is 0 Å². The molecule has 1 aliphatic rings. The second-order valence-corrected chi connectivity index (χ2v) is 7.96. The van der Waals surface area contributed by atoms with Gasteiger partial charge in [0.2, 0.25) is 17.7 Å². The standard InChI is InChI=1S/C18H32N4O5S/c1-4-11(2)15(18(27)20-10-14(23)24)22-17(26)13(7-9-28-3)21-16(25)12-6-5-8-19-12/h11-13,15,19H,4-10H2,1-3H3,(H,20,27)(H,21,25)(H,22,26)(H,23,24). The first-order valence-corrected chi connectivity index (χ1v) is 11.0. The average Bonchev–Trinajstić information content (AvgIpc) is 3.21. The number of carbonyl (C=O) groups excluding carboxylic acids is 3. The summed E-state index contributed by atoms with van der Waals surface area (Å²) in [6, 6.07) is -1.91. The van der Waals surface area contributed by atoms with E-state index in [2.05, 4.69) is 21.3 Å². The van der Waals surface area contributed by atoms with Crippen LogP contribution in [-0.4, -0.2) is 72.0 Å². The number of aliphatic carboxylic acids is 1. The second kappa shape index (κ2) is 12.6. The van der Waals surface area contributed by atoms with E-state index in [1.807, 2.05) is 20.1 Å². The van der Waals surface area contributed by atoms with Crippen molar-refractivity contribution >= 4 is 35.5 Å². The van der Waals surface area contributed by atoms with Gasteiger partial charge in [0.25, 0.3) is 0 Å². The summed E-state index contributed by atoms with van der Waals surface area (Å²) in [6.07, 6.45) is 4.63. The predicted molar refractivity (Wildman–Crippen MR) is 108 cm³/mol. The molecule has 9 nitrogen and oxygen atoms in total. The first-order valence-electron chi connectivity index (χ1n) is 9.62. The molecule has 10 heteroatoms. The monoisotopic (exact) mass is 416 g/mol. The van der Waals surface area contributed by atoms with Crippen molar-refractivity contribution in [2.45, 2.75) is 57.7 Å². The Kier molecular flexibility index (Phi) is 10.9. The van der Waals surface area contributed by atoms with Gasteiger partial charge in [0.05, 0.1) is 6.04 Å². The molecule has 1 aliphatic heterocycles. The molecule has 1 saturated heterocycles. The van der Waals surface area contributed by atoms with Crippen LogP contribution in [0.15, 0.2) is 0 Å². The van der Waals surface area contributed by atoms with Crippen LogP contribution in [0, 0.1) is 5.92 Å². The van der Waals surface area contributed by atoms with Gasteiger partial charge in [-0.05, 0) is 43.7 Å². The zero-order chi connectivity index (χ0) is 21.1. The summed E-state index contributed by atoms with van der Waals surface area (Å²) in [4.78, 5) is 48.3. The third-order valence-electron chi connectivity index (χ3n) is 4.83. The summed E-state index contributed by atoms with van der Waals surface area (Å²) in [6.45, 7) is 3.96. The molecule has 1 fully saturated rings. The Balaban J connectivity index is 2.80. The van der Waals surface area contributed by atoms with Gasteiger partial charge in [0.1, 0.15) is 18.6 Å². The predicted octanol–water partition coefficient (Wildman–Crippen LogP) is -0.292. The van der Waals surface area contributed by atoms with E-state index in [-0.39, 0.29) is 17.9 Å². The highest BCUT2D eigenvalue weighted by Crippen LogP contribution is 2.11. The summed E-state index contributed by atoms with van der Waals surface area (Å²) < 4.78 is 0. The van der Waals surface area contributed by atoms with Crippen LogP contribution in [0.2, 0.25) is 0 Å². The fourth-order valence-electron chi connectivity index (χ4n) is 2.91. The Morgan fingerprint density at radius 1 is 1.21 bits per heavy atom. The molecule has 1 heterocycles. The van der Waals surface area contributed by atoms with Crippen molar-refractivity contribution < 1.29 is 24.3 Å². The van der Waals surface area contributed by atoms with Crippen LogP contribution in [0.5, 0.6) is 0 Å². The number of amides is 3. The number of hydrogen-bond donors (Lipinski definition) is 5. The highest BCUT2D eigenvalue weighted by molar-refractivity contribution is 7.98. The lowest BCUT2D eigenvalue weighted by Crippen LogP contribution is -2.57. The third kappa shape index (κ3) is 8.05. The van der Waals surface area contributed by atoms with Gasteiger partial charge in [-0.3, -0.25) is 19.2 Å². The fourth-order valence-corrected chi connectivity index (χ4v) is 3.39. The molecule has 0 aromatic heterocycles. The van der Waals surface area contributed by atoms with Gasteiger partial charge in [0, 0.05) is 0 Å². The summed E-state index contributed by atoms with van der Waals surface area (Å²) >= 11 is 1.56. The Hall–Kier alpha value is -1.81. The molecule has 1 rings (SSSR count). The van der Waals surface area contributed by atoms with E-state index in [1.165, 1.54) is 0 Å². The summed E-state index contributed by atoms with van der Waals surface area (Å²) in [5, 5.41) is 19.7. The molecule has 3 amide bonds. The molecule has 4 atom stereocenters. The zero-order valence-corrected chi connectivity index (χ0v) is 17.6. The molecule has 0 saturated carbocycles. The quantitative estimate of drug-likeness (QED) is 0.295. The van der Waals surface area contributed by atoms with Gasteiger partial charge in [-0.15, -0.1) is 0 Å². The molecule has 28 heavy (non-hydrogen) atoms. The van der Waals surface area contributed by atoms with Crippen molar-refractivity contribution in [3.63, 3.8) is 0 Å². The Labute approximate surface area is 170 Å². The minimum Gasteiger partial charge on any atom is -0.480 e. The summed E-state index contributed by atoms with van der Waals surface area (Å²) in [5.74, 6) is -1.86. The maximum atomic E-state index is 12.8. The lowest BCUT2D eigenvalue weighted by Gasteiger charge is -2.27. The normalized spacial score (nSPS) is 19.3. The van der Waals surface area contributed by atoms with E-state index in [0.29, 0.717) is 18.6 Å². The maximum Gasteiger partial charge on any atom is 0.322 e. The molecule has 0 aromatic carbocycles. The van der Waals surface area contributed by atoms with E-state index in [0.717, 1.165) is 19.4 Å². The fraction of sp³-hybridized carbons (Fsp3) is 0.778. The second-order valence-electron chi connectivity index (χ2n) is 6.97. The molecular weight excluding hydrogens is 384 g/mol. The van der Waals surface area contributed by atoms with Crippen molar-refractivity contribution in [2.75, 3.05) is 25.1 Å².